The Labute approximate surface area is 216 Å². The molecule has 0 saturated carbocycles. The van der Waals surface area contributed by atoms with Gasteiger partial charge in [-0.1, -0.05) is 48.5 Å². The molecule has 5 rings (SSSR count). The van der Waals surface area contributed by atoms with E-state index in [9.17, 15) is 14.4 Å². The van der Waals surface area contributed by atoms with E-state index in [-0.39, 0.29) is 24.1 Å². The molecule has 2 aliphatic rings. The molecule has 190 valence electrons. The van der Waals surface area contributed by atoms with Crippen LogP contribution in [0.1, 0.15) is 35.3 Å². The van der Waals surface area contributed by atoms with Crippen molar-refractivity contribution in [1.82, 2.24) is 10.2 Å². The molecule has 2 N–H and O–H groups in total. The fourth-order valence-electron chi connectivity index (χ4n) is 4.83. The van der Waals surface area contributed by atoms with Crippen LogP contribution in [0, 0.1) is 0 Å². The van der Waals surface area contributed by atoms with Gasteiger partial charge in [-0.25, -0.2) is 0 Å². The lowest BCUT2D eigenvalue weighted by molar-refractivity contribution is -0.125. The third kappa shape index (κ3) is 5.34. The molecule has 1 saturated heterocycles. The predicted molar refractivity (Wildman–Crippen MR) is 142 cm³/mol. The Morgan fingerprint density at radius 3 is 2.32 bits per heavy atom. The molecule has 3 aromatic carbocycles. The molecular formula is C29H30N4O4. The Hall–Kier alpha value is -4.17. The summed E-state index contributed by atoms with van der Waals surface area (Å²) in [6.45, 7) is 4.44. The summed E-state index contributed by atoms with van der Waals surface area (Å²) in [5, 5.41) is 6.18. The first-order valence-corrected chi connectivity index (χ1v) is 12.5. The first-order chi connectivity index (χ1) is 18.0. The van der Waals surface area contributed by atoms with Crippen molar-refractivity contribution < 1.29 is 19.1 Å². The zero-order valence-corrected chi connectivity index (χ0v) is 20.7. The number of fused-ring (bicyclic) bond motifs is 1. The highest BCUT2D eigenvalue weighted by Gasteiger charge is 2.36. The summed E-state index contributed by atoms with van der Waals surface area (Å²) in [6, 6.07) is 23.3. The molecule has 8 heteroatoms. The molecule has 37 heavy (non-hydrogen) atoms. The van der Waals surface area contributed by atoms with Crippen molar-refractivity contribution in [3.05, 3.63) is 90.0 Å². The number of nitrogens with zero attached hydrogens (tertiary/aromatic N) is 2. The molecular weight excluding hydrogens is 468 g/mol. The largest absolute Gasteiger partial charge is 0.481 e. The van der Waals surface area contributed by atoms with Crippen molar-refractivity contribution in [1.29, 1.82) is 0 Å². The van der Waals surface area contributed by atoms with Gasteiger partial charge in [-0.3, -0.25) is 19.3 Å². The number of carbonyl (C=O) groups is 3. The fraction of sp³-hybridized carbons (Fsp3) is 0.276. The summed E-state index contributed by atoms with van der Waals surface area (Å²) < 4.78 is 5.97. The van der Waals surface area contributed by atoms with Crippen LogP contribution < -0.4 is 20.3 Å². The molecule has 2 heterocycles. The van der Waals surface area contributed by atoms with Crippen LogP contribution in [0.5, 0.6) is 5.75 Å². The lowest BCUT2D eigenvalue weighted by Crippen LogP contribution is -2.46. The summed E-state index contributed by atoms with van der Waals surface area (Å²) in [5.74, 6) is -0.0210. The van der Waals surface area contributed by atoms with Crippen LogP contribution in [0.4, 0.5) is 11.4 Å². The zero-order valence-electron chi connectivity index (χ0n) is 20.7. The standard InChI is InChI=1S/C29H30N4O4/c1-20(37-23-10-6-3-7-11-23)28(35)33-25-13-12-22(29(36)32-16-14-30-15-17-32)18-24(25)31-27(34)19-26(33)21-8-4-2-5-9-21/h2-13,18,20,26,30H,14-17,19H2,1H3,(H,31,34). The van der Waals surface area contributed by atoms with Crippen LogP contribution in [-0.4, -0.2) is 54.9 Å². The summed E-state index contributed by atoms with van der Waals surface area (Å²) in [6.07, 6.45) is -0.736. The number of ether oxygens (including phenoxy) is 1. The molecule has 3 aromatic rings. The van der Waals surface area contributed by atoms with E-state index in [0.717, 1.165) is 18.7 Å². The van der Waals surface area contributed by atoms with E-state index >= 15 is 0 Å². The SMILES string of the molecule is CC(Oc1ccccc1)C(=O)N1c2ccc(C(=O)N3CCNCC3)cc2NC(=O)CC1c1ccccc1. The van der Waals surface area contributed by atoms with Crippen LogP contribution in [0.3, 0.4) is 0 Å². The van der Waals surface area contributed by atoms with Crippen molar-refractivity contribution >= 4 is 29.1 Å². The minimum Gasteiger partial charge on any atom is -0.481 e. The Morgan fingerprint density at radius 1 is 0.946 bits per heavy atom. The number of benzene rings is 3. The Kier molecular flexibility index (Phi) is 7.18. The van der Waals surface area contributed by atoms with Gasteiger partial charge in [0.05, 0.1) is 23.8 Å². The van der Waals surface area contributed by atoms with Crippen LogP contribution in [0.25, 0.3) is 0 Å². The van der Waals surface area contributed by atoms with Crippen molar-refractivity contribution in [3.63, 3.8) is 0 Å². The van der Waals surface area contributed by atoms with Gasteiger partial charge in [0.25, 0.3) is 11.8 Å². The summed E-state index contributed by atoms with van der Waals surface area (Å²) >= 11 is 0. The average molecular weight is 499 g/mol. The van der Waals surface area contributed by atoms with Crippen molar-refractivity contribution in [2.45, 2.75) is 25.5 Å². The number of amides is 3. The number of piperazine rings is 1. The Morgan fingerprint density at radius 2 is 1.62 bits per heavy atom. The Balaban J connectivity index is 1.53. The number of carbonyl (C=O) groups excluding carboxylic acids is 3. The fourth-order valence-corrected chi connectivity index (χ4v) is 4.83. The molecule has 0 bridgehead atoms. The van der Waals surface area contributed by atoms with Gasteiger partial charge in [-0.15, -0.1) is 0 Å². The highest BCUT2D eigenvalue weighted by atomic mass is 16.5. The molecule has 2 aliphatic heterocycles. The van der Waals surface area contributed by atoms with E-state index < -0.39 is 12.1 Å². The molecule has 2 atom stereocenters. The van der Waals surface area contributed by atoms with Gasteiger partial charge in [0.1, 0.15) is 5.75 Å². The maximum atomic E-state index is 14.0. The van der Waals surface area contributed by atoms with Crippen LogP contribution in [0.15, 0.2) is 78.9 Å². The molecule has 0 aliphatic carbocycles. The summed E-state index contributed by atoms with van der Waals surface area (Å²) in [7, 11) is 0. The third-order valence-electron chi connectivity index (χ3n) is 6.70. The van der Waals surface area contributed by atoms with E-state index in [0.29, 0.717) is 35.8 Å². The first kappa shape index (κ1) is 24.5. The van der Waals surface area contributed by atoms with Gasteiger partial charge in [-0.2, -0.15) is 0 Å². The van der Waals surface area contributed by atoms with E-state index in [2.05, 4.69) is 10.6 Å². The van der Waals surface area contributed by atoms with E-state index in [1.165, 1.54) is 0 Å². The van der Waals surface area contributed by atoms with Gasteiger partial charge in [-0.05, 0) is 42.8 Å². The Bertz CT molecular complexity index is 1280. The number of hydrogen-bond acceptors (Lipinski definition) is 5. The average Bonchev–Trinajstić information content (AvgIpc) is 3.09. The molecule has 0 radical (unpaired) electrons. The number of para-hydroxylation sites is 1. The molecule has 2 unspecified atom stereocenters. The molecule has 0 spiro atoms. The van der Waals surface area contributed by atoms with Gasteiger partial charge in [0, 0.05) is 31.7 Å². The minimum absolute atomic E-state index is 0.0730. The second-order valence-electron chi connectivity index (χ2n) is 9.23. The van der Waals surface area contributed by atoms with Crippen molar-refractivity contribution in [2.24, 2.45) is 0 Å². The highest BCUT2D eigenvalue weighted by molar-refractivity contribution is 6.07. The lowest BCUT2D eigenvalue weighted by Gasteiger charge is -2.33. The molecule has 0 aromatic heterocycles. The minimum atomic E-state index is -0.808. The zero-order chi connectivity index (χ0) is 25.8. The summed E-state index contributed by atoms with van der Waals surface area (Å²) in [5.41, 5.74) is 2.28. The van der Waals surface area contributed by atoms with Gasteiger partial charge >= 0.3 is 0 Å². The maximum absolute atomic E-state index is 14.0. The van der Waals surface area contributed by atoms with Gasteiger partial charge in [0.2, 0.25) is 5.91 Å². The number of anilines is 2. The van der Waals surface area contributed by atoms with Crippen LogP contribution in [-0.2, 0) is 9.59 Å². The lowest BCUT2D eigenvalue weighted by atomic mass is 10.0. The second kappa shape index (κ2) is 10.8. The molecule has 1 fully saturated rings. The normalized spacial score (nSPS) is 18.3. The molecule has 8 nitrogen and oxygen atoms in total. The maximum Gasteiger partial charge on any atom is 0.268 e. The molecule has 3 amide bonds. The van der Waals surface area contributed by atoms with Crippen LogP contribution >= 0.6 is 0 Å². The van der Waals surface area contributed by atoms with E-state index in [4.69, 9.17) is 4.74 Å². The van der Waals surface area contributed by atoms with Gasteiger partial charge < -0.3 is 20.3 Å². The first-order valence-electron chi connectivity index (χ1n) is 12.5. The smallest absolute Gasteiger partial charge is 0.268 e. The predicted octanol–water partition coefficient (Wildman–Crippen LogP) is 3.62. The summed E-state index contributed by atoms with van der Waals surface area (Å²) in [4.78, 5) is 43.6. The second-order valence-corrected chi connectivity index (χ2v) is 9.23. The van der Waals surface area contributed by atoms with Crippen LogP contribution in [0.2, 0.25) is 0 Å². The number of hydrogen-bond donors (Lipinski definition) is 2. The highest BCUT2D eigenvalue weighted by Crippen LogP contribution is 2.39. The third-order valence-corrected chi connectivity index (χ3v) is 6.70. The van der Waals surface area contributed by atoms with E-state index in [1.54, 1.807) is 47.1 Å². The van der Waals surface area contributed by atoms with Gasteiger partial charge in [0.15, 0.2) is 6.10 Å². The van der Waals surface area contributed by atoms with E-state index in [1.807, 2.05) is 48.5 Å². The monoisotopic (exact) mass is 498 g/mol. The quantitative estimate of drug-likeness (QED) is 0.561. The topological polar surface area (TPSA) is 91.0 Å². The number of rotatable bonds is 5. The van der Waals surface area contributed by atoms with Crippen molar-refractivity contribution in [3.8, 4) is 5.75 Å². The number of nitrogens with one attached hydrogen (secondary N) is 2. The van der Waals surface area contributed by atoms with Crippen molar-refractivity contribution in [2.75, 3.05) is 36.4 Å².